The number of rotatable bonds is 2. The third-order valence-corrected chi connectivity index (χ3v) is 0.836. The van der Waals surface area contributed by atoms with Crippen molar-refractivity contribution in [3.63, 3.8) is 0 Å². The van der Waals surface area contributed by atoms with Crippen LogP contribution in [0.3, 0.4) is 0 Å². The normalized spacial score (nSPS) is 14.3. The van der Waals surface area contributed by atoms with Gasteiger partial charge in [0.1, 0.15) is 6.54 Å². The Balaban J connectivity index is 0. The number of hydrogen-bond donors (Lipinski definition) is 1. The average molecular weight is 219 g/mol. The maximum atomic E-state index is 8.64. The van der Waals surface area contributed by atoms with Crippen LogP contribution in [0, 0.1) is 0 Å². The van der Waals surface area contributed by atoms with E-state index in [9.17, 15) is 0 Å². The molecule has 0 saturated carbocycles. The highest BCUT2D eigenvalue weighted by Crippen LogP contribution is 1.96. The van der Waals surface area contributed by atoms with Crippen LogP contribution in [-0.2, 0) is 0 Å². The van der Waals surface area contributed by atoms with E-state index in [1.165, 1.54) is 0 Å². The van der Waals surface area contributed by atoms with Gasteiger partial charge in [-0.15, -0.1) is 0 Å². The van der Waals surface area contributed by atoms with Gasteiger partial charge >= 0.3 is 0 Å². The fourth-order valence-electron chi connectivity index (χ4n) is 0.452. The van der Waals surface area contributed by atoms with Gasteiger partial charge in [0.25, 0.3) is 0 Å². The van der Waals surface area contributed by atoms with Crippen molar-refractivity contribution in [3.05, 3.63) is 0 Å². The van der Waals surface area contributed by atoms with Crippen molar-refractivity contribution >= 4 is 11.6 Å². The first-order valence-electron chi connectivity index (χ1n) is 2.54. The molecule has 0 saturated heterocycles. The fourth-order valence-corrected chi connectivity index (χ4v) is 0.866. The van der Waals surface area contributed by atoms with E-state index in [-0.39, 0.29) is 17.0 Å². The predicted octanol–water partition coefficient (Wildman–Crippen LogP) is -2.75. The molecule has 0 spiro atoms. The highest BCUT2D eigenvalue weighted by molar-refractivity contribution is 6.19. The van der Waals surface area contributed by atoms with Crippen molar-refractivity contribution in [2.24, 2.45) is 0 Å². The molecule has 0 aliphatic heterocycles. The molecule has 0 aliphatic rings. The van der Waals surface area contributed by atoms with Crippen molar-refractivity contribution in [3.8, 4) is 0 Å². The summed E-state index contributed by atoms with van der Waals surface area (Å²) >= 11 is 5.30. The Kier molecular flexibility index (Phi) is 6.18. The maximum Gasteiger partial charge on any atom is 0.177 e. The second kappa shape index (κ2) is 4.50. The minimum Gasteiger partial charge on any atom is -1.00 e. The lowest BCUT2D eigenvalue weighted by molar-refractivity contribution is -0.872. The van der Waals surface area contributed by atoms with Crippen molar-refractivity contribution in [1.82, 2.24) is 0 Å². The van der Waals surface area contributed by atoms with Crippen LogP contribution >= 0.6 is 11.6 Å². The van der Waals surface area contributed by atoms with E-state index in [4.69, 9.17) is 16.7 Å². The summed E-state index contributed by atoms with van der Waals surface area (Å²) in [5.41, 5.74) is -0.713. The molecule has 0 aromatic carbocycles. The van der Waals surface area contributed by atoms with Gasteiger partial charge in [-0.2, -0.15) is 0 Å². The van der Waals surface area contributed by atoms with Gasteiger partial charge in [-0.3, -0.25) is 0 Å². The summed E-state index contributed by atoms with van der Waals surface area (Å²) in [6.45, 7) is 0.585. The van der Waals surface area contributed by atoms with Gasteiger partial charge in [-0.1, -0.05) is 11.6 Å². The molecular formula is C5H13BrClNO. The third kappa shape index (κ3) is 12.0. The minimum absolute atomic E-state index is 0. The molecule has 0 aromatic heterocycles. The van der Waals surface area contributed by atoms with Gasteiger partial charge in [0.05, 0.1) is 21.1 Å². The summed E-state index contributed by atoms with van der Waals surface area (Å²) in [6.07, 6.45) is 0. The predicted molar refractivity (Wildman–Crippen MR) is 34.8 cm³/mol. The molecule has 58 valence electrons. The van der Waals surface area contributed by atoms with E-state index in [1.807, 2.05) is 21.1 Å². The van der Waals surface area contributed by atoms with Crippen LogP contribution in [0.4, 0.5) is 0 Å². The lowest BCUT2D eigenvalue weighted by Gasteiger charge is -2.24. The molecule has 0 bridgehead atoms. The summed E-state index contributed by atoms with van der Waals surface area (Å²) < 4.78 is 0.699. The van der Waals surface area contributed by atoms with Crippen molar-refractivity contribution in [1.29, 1.82) is 0 Å². The van der Waals surface area contributed by atoms with Gasteiger partial charge in [-0.25, -0.2) is 0 Å². The molecule has 0 rings (SSSR count). The van der Waals surface area contributed by atoms with Crippen molar-refractivity contribution in [2.75, 3.05) is 27.7 Å². The Morgan fingerprint density at radius 1 is 1.44 bits per heavy atom. The number of likely N-dealkylation sites (N-methyl/N-ethyl adjacent to an activating group) is 1. The van der Waals surface area contributed by atoms with Crippen LogP contribution in [0.25, 0.3) is 0 Å². The summed E-state index contributed by atoms with van der Waals surface area (Å²) in [6, 6.07) is 0. The van der Waals surface area contributed by atoms with Crippen LogP contribution in [-0.4, -0.2) is 42.8 Å². The molecule has 0 radical (unpaired) electrons. The molecular weight excluding hydrogens is 205 g/mol. The monoisotopic (exact) mass is 217 g/mol. The van der Waals surface area contributed by atoms with E-state index < -0.39 is 5.56 Å². The molecule has 0 fully saturated rings. The number of aliphatic hydroxyl groups is 1. The molecule has 1 atom stereocenters. The van der Waals surface area contributed by atoms with Crippen LogP contribution < -0.4 is 17.0 Å². The molecule has 9 heavy (non-hydrogen) atoms. The van der Waals surface area contributed by atoms with Gasteiger partial charge in [0.2, 0.25) is 0 Å². The third-order valence-electron chi connectivity index (χ3n) is 0.698. The molecule has 0 amide bonds. The van der Waals surface area contributed by atoms with E-state index >= 15 is 0 Å². The standard InChI is InChI=1S/C5H13ClNO.BrH/c1-7(2,3)4-5(6)8;/h5,8H,4H2,1-3H3;1H/q+1;/p-1. The lowest BCUT2D eigenvalue weighted by Crippen LogP contribution is -3.00. The smallest absolute Gasteiger partial charge is 0.177 e. The van der Waals surface area contributed by atoms with E-state index in [0.717, 1.165) is 0 Å². The Labute approximate surface area is 71.8 Å². The first kappa shape index (κ1) is 12.4. The quantitative estimate of drug-likeness (QED) is 0.394. The molecule has 1 unspecified atom stereocenters. The van der Waals surface area contributed by atoms with Gasteiger partial charge in [0, 0.05) is 0 Å². The van der Waals surface area contributed by atoms with Crippen molar-refractivity contribution < 1.29 is 26.6 Å². The highest BCUT2D eigenvalue weighted by Gasteiger charge is 2.11. The van der Waals surface area contributed by atoms with Crippen LogP contribution in [0.15, 0.2) is 0 Å². The Morgan fingerprint density at radius 3 is 1.78 bits per heavy atom. The summed E-state index contributed by atoms with van der Waals surface area (Å²) in [4.78, 5) is 0. The molecule has 0 aromatic rings. The van der Waals surface area contributed by atoms with Gasteiger partial charge < -0.3 is 26.6 Å². The largest absolute Gasteiger partial charge is 1.00 e. The Hall–Kier alpha value is 0.690. The molecule has 1 N–H and O–H groups in total. The lowest BCUT2D eigenvalue weighted by atomic mass is 10.5. The number of quaternary nitrogens is 1. The van der Waals surface area contributed by atoms with E-state index in [0.29, 0.717) is 11.0 Å². The first-order valence-corrected chi connectivity index (χ1v) is 2.98. The Morgan fingerprint density at radius 2 is 1.78 bits per heavy atom. The van der Waals surface area contributed by atoms with Gasteiger partial charge in [-0.05, 0) is 0 Å². The average Bonchev–Trinajstić information content (AvgIpc) is 1.21. The number of nitrogens with zero attached hydrogens (tertiary/aromatic N) is 1. The van der Waals surface area contributed by atoms with Crippen LogP contribution in [0.1, 0.15) is 0 Å². The summed E-state index contributed by atoms with van der Waals surface area (Å²) in [7, 11) is 5.93. The van der Waals surface area contributed by atoms with Gasteiger partial charge in [0.15, 0.2) is 5.56 Å². The fraction of sp³-hybridized carbons (Fsp3) is 1.00. The minimum atomic E-state index is -0.713. The van der Waals surface area contributed by atoms with Crippen molar-refractivity contribution in [2.45, 2.75) is 5.56 Å². The zero-order chi connectivity index (χ0) is 6.78. The SMILES string of the molecule is C[N+](C)(C)CC(O)Cl.[Br-]. The maximum absolute atomic E-state index is 8.64. The topological polar surface area (TPSA) is 20.2 Å². The number of halogens is 2. The van der Waals surface area contributed by atoms with Crippen LogP contribution in [0.2, 0.25) is 0 Å². The Bertz CT molecular complexity index is 71.8. The second-order valence-electron chi connectivity index (χ2n) is 2.91. The molecule has 0 heterocycles. The molecule has 4 heteroatoms. The zero-order valence-corrected chi connectivity index (χ0v) is 8.28. The highest BCUT2D eigenvalue weighted by atomic mass is 79.9. The first-order chi connectivity index (χ1) is 3.42. The molecule has 0 aliphatic carbocycles. The zero-order valence-electron chi connectivity index (χ0n) is 5.93. The summed E-state index contributed by atoms with van der Waals surface area (Å²) in [5.74, 6) is 0. The van der Waals surface area contributed by atoms with E-state index in [1.54, 1.807) is 0 Å². The number of aliphatic hydroxyl groups excluding tert-OH is 1. The number of alkyl halides is 1. The number of hydrogen-bond acceptors (Lipinski definition) is 1. The van der Waals surface area contributed by atoms with E-state index in [2.05, 4.69) is 0 Å². The molecule has 2 nitrogen and oxygen atoms in total. The van der Waals surface area contributed by atoms with Crippen LogP contribution in [0.5, 0.6) is 0 Å². The second-order valence-corrected chi connectivity index (χ2v) is 3.41. The summed E-state index contributed by atoms with van der Waals surface area (Å²) in [5, 5.41) is 8.64.